The molecular weight excluding hydrogens is 342 g/mol. The first-order valence-electron chi connectivity index (χ1n) is 9.78. The fourth-order valence-electron chi connectivity index (χ4n) is 3.21. The molecule has 0 radical (unpaired) electrons. The van der Waals surface area contributed by atoms with E-state index in [1.807, 2.05) is 45.2 Å². The van der Waals surface area contributed by atoms with Gasteiger partial charge in [-0.05, 0) is 45.1 Å². The van der Waals surface area contributed by atoms with E-state index in [0.29, 0.717) is 18.8 Å². The van der Waals surface area contributed by atoms with Crippen LogP contribution in [0.2, 0.25) is 0 Å². The summed E-state index contributed by atoms with van der Waals surface area (Å²) in [6.45, 7) is 7.01. The largest absolute Gasteiger partial charge is 0.329 e. The molecule has 2 aliphatic rings. The number of imide groups is 1. The maximum absolute atomic E-state index is 11.8. The van der Waals surface area contributed by atoms with Crippen LogP contribution in [-0.4, -0.2) is 53.3 Å². The van der Waals surface area contributed by atoms with Crippen molar-refractivity contribution >= 4 is 28.7 Å². The van der Waals surface area contributed by atoms with Crippen molar-refractivity contribution < 1.29 is 9.59 Å². The number of hydrogen-bond donors (Lipinski definition) is 1. The number of carbonyl (C=O) groups is 2. The van der Waals surface area contributed by atoms with Crippen LogP contribution in [0, 0.1) is 0 Å². The summed E-state index contributed by atoms with van der Waals surface area (Å²) < 4.78 is 1.73. The molecule has 0 atom stereocenters. The fourth-order valence-corrected chi connectivity index (χ4v) is 3.21. The predicted octanol–water partition coefficient (Wildman–Crippen LogP) is 3.15. The van der Waals surface area contributed by atoms with Crippen LogP contribution in [0.4, 0.5) is 10.6 Å². The normalized spacial score (nSPS) is 17.6. The molecule has 0 unspecified atom stereocenters. The van der Waals surface area contributed by atoms with Gasteiger partial charge in [0.25, 0.3) is 0 Å². The quantitative estimate of drug-likeness (QED) is 0.834. The minimum Gasteiger partial charge on any atom is -0.306 e. The zero-order chi connectivity index (χ0) is 19.8. The maximum Gasteiger partial charge on any atom is 0.329 e. The second kappa shape index (κ2) is 10.1. The van der Waals surface area contributed by atoms with Crippen LogP contribution >= 0.6 is 0 Å². The SMILES string of the molecule is CC.CN1CCCCC1.Cn1nc(N2CCC(=O)NC2=O)c2ccccc21. The number of aromatic nitrogens is 2. The van der Waals surface area contributed by atoms with Gasteiger partial charge in [0.1, 0.15) is 0 Å². The molecule has 27 heavy (non-hydrogen) atoms. The molecule has 0 aliphatic carbocycles. The van der Waals surface area contributed by atoms with Gasteiger partial charge in [0.15, 0.2) is 5.82 Å². The fraction of sp³-hybridized carbons (Fsp3) is 0.550. The van der Waals surface area contributed by atoms with Gasteiger partial charge in [-0.2, -0.15) is 5.10 Å². The smallest absolute Gasteiger partial charge is 0.306 e. The number of amides is 3. The molecule has 0 saturated carbocycles. The summed E-state index contributed by atoms with van der Waals surface area (Å²) in [5, 5.41) is 7.57. The van der Waals surface area contributed by atoms with Gasteiger partial charge in [0, 0.05) is 25.4 Å². The molecule has 7 nitrogen and oxygen atoms in total. The highest BCUT2D eigenvalue weighted by Crippen LogP contribution is 2.26. The third-order valence-electron chi connectivity index (χ3n) is 4.63. The molecule has 148 valence electrons. The summed E-state index contributed by atoms with van der Waals surface area (Å²) in [5.41, 5.74) is 0.956. The number of carbonyl (C=O) groups excluding carboxylic acids is 2. The van der Waals surface area contributed by atoms with Crippen molar-refractivity contribution in [1.29, 1.82) is 0 Å². The Morgan fingerprint density at radius 3 is 2.22 bits per heavy atom. The molecular formula is C20H31N5O2. The van der Waals surface area contributed by atoms with Gasteiger partial charge in [-0.1, -0.05) is 32.4 Å². The second-order valence-electron chi connectivity index (χ2n) is 6.58. The van der Waals surface area contributed by atoms with Crippen LogP contribution in [0.3, 0.4) is 0 Å². The highest BCUT2D eigenvalue weighted by atomic mass is 16.2. The molecule has 1 N–H and O–H groups in total. The monoisotopic (exact) mass is 373 g/mol. The third kappa shape index (κ3) is 5.29. The van der Waals surface area contributed by atoms with Crippen molar-refractivity contribution in [3.63, 3.8) is 0 Å². The van der Waals surface area contributed by atoms with Crippen LogP contribution in [0.25, 0.3) is 10.9 Å². The molecule has 7 heteroatoms. The van der Waals surface area contributed by atoms with E-state index < -0.39 is 6.03 Å². The number of hydrogen-bond acceptors (Lipinski definition) is 4. The lowest BCUT2D eigenvalue weighted by Crippen LogP contribution is -2.49. The zero-order valence-electron chi connectivity index (χ0n) is 16.9. The lowest BCUT2D eigenvalue weighted by molar-refractivity contribution is -0.120. The van der Waals surface area contributed by atoms with E-state index in [2.05, 4.69) is 22.4 Å². The zero-order valence-corrected chi connectivity index (χ0v) is 16.9. The maximum atomic E-state index is 11.8. The predicted molar refractivity (Wildman–Crippen MR) is 109 cm³/mol. The average molecular weight is 374 g/mol. The average Bonchev–Trinajstić information content (AvgIpc) is 3.01. The molecule has 1 aromatic heterocycles. The van der Waals surface area contributed by atoms with E-state index in [1.54, 1.807) is 4.68 Å². The number of piperidine rings is 1. The van der Waals surface area contributed by atoms with E-state index in [-0.39, 0.29) is 5.91 Å². The molecule has 2 aliphatic heterocycles. The number of fused-ring (bicyclic) bond motifs is 1. The lowest BCUT2D eigenvalue weighted by atomic mass is 10.1. The van der Waals surface area contributed by atoms with Crippen molar-refractivity contribution in [2.24, 2.45) is 7.05 Å². The Hall–Kier alpha value is -2.41. The van der Waals surface area contributed by atoms with Crippen molar-refractivity contribution in [2.45, 2.75) is 39.5 Å². The molecule has 3 amide bonds. The lowest BCUT2D eigenvalue weighted by Gasteiger charge is -2.24. The van der Waals surface area contributed by atoms with Crippen LogP contribution in [-0.2, 0) is 11.8 Å². The number of anilines is 1. The van der Waals surface area contributed by atoms with E-state index in [1.165, 1.54) is 37.3 Å². The van der Waals surface area contributed by atoms with Gasteiger partial charge < -0.3 is 4.90 Å². The summed E-state index contributed by atoms with van der Waals surface area (Å²) in [6, 6.07) is 7.28. The Kier molecular flexibility index (Phi) is 7.79. The highest BCUT2D eigenvalue weighted by Gasteiger charge is 2.27. The number of likely N-dealkylation sites (tertiary alicyclic amines) is 1. The van der Waals surface area contributed by atoms with Gasteiger partial charge in [-0.15, -0.1) is 0 Å². The van der Waals surface area contributed by atoms with Crippen LogP contribution in [0.1, 0.15) is 39.5 Å². The number of benzene rings is 1. The molecule has 0 spiro atoms. The van der Waals surface area contributed by atoms with Gasteiger partial charge in [-0.3, -0.25) is 19.7 Å². The molecule has 2 saturated heterocycles. The molecule has 0 bridgehead atoms. The van der Waals surface area contributed by atoms with E-state index in [4.69, 9.17) is 0 Å². The Morgan fingerprint density at radius 1 is 0.963 bits per heavy atom. The first kappa shape index (κ1) is 20.9. The summed E-state index contributed by atoms with van der Waals surface area (Å²) >= 11 is 0. The number of para-hydroxylation sites is 1. The van der Waals surface area contributed by atoms with E-state index in [9.17, 15) is 9.59 Å². The van der Waals surface area contributed by atoms with Crippen molar-refractivity contribution in [3.8, 4) is 0 Å². The van der Waals surface area contributed by atoms with E-state index in [0.717, 1.165) is 10.9 Å². The highest BCUT2D eigenvalue weighted by molar-refractivity contribution is 6.08. The topological polar surface area (TPSA) is 70.5 Å². The summed E-state index contributed by atoms with van der Waals surface area (Å²) in [5.74, 6) is 0.356. The summed E-state index contributed by atoms with van der Waals surface area (Å²) in [4.78, 5) is 26.8. The van der Waals surface area contributed by atoms with Gasteiger partial charge >= 0.3 is 6.03 Å². The molecule has 3 heterocycles. The second-order valence-corrected chi connectivity index (χ2v) is 6.58. The van der Waals surface area contributed by atoms with E-state index >= 15 is 0 Å². The van der Waals surface area contributed by atoms with Crippen molar-refractivity contribution in [2.75, 3.05) is 31.6 Å². The van der Waals surface area contributed by atoms with Crippen LogP contribution < -0.4 is 10.2 Å². The number of nitrogens with zero attached hydrogens (tertiary/aromatic N) is 4. The van der Waals surface area contributed by atoms with Crippen molar-refractivity contribution in [1.82, 2.24) is 20.0 Å². The summed E-state index contributed by atoms with van der Waals surface area (Å²) in [7, 11) is 4.03. The Bertz CT molecular complexity index is 765. The Labute approximate surface area is 161 Å². The molecule has 4 rings (SSSR count). The minimum atomic E-state index is -0.407. The van der Waals surface area contributed by atoms with Gasteiger partial charge in [0.05, 0.1) is 5.52 Å². The summed E-state index contributed by atoms with van der Waals surface area (Å²) in [6.07, 6.45) is 4.58. The Morgan fingerprint density at radius 2 is 1.63 bits per heavy atom. The first-order chi connectivity index (χ1) is 13.1. The molecule has 2 fully saturated rings. The van der Waals surface area contributed by atoms with Crippen molar-refractivity contribution in [3.05, 3.63) is 24.3 Å². The van der Waals surface area contributed by atoms with Crippen LogP contribution in [0.15, 0.2) is 24.3 Å². The third-order valence-corrected chi connectivity index (χ3v) is 4.63. The minimum absolute atomic E-state index is 0.239. The van der Waals surface area contributed by atoms with Gasteiger partial charge in [-0.25, -0.2) is 4.79 Å². The number of aryl methyl sites for hydroxylation is 1. The van der Waals surface area contributed by atoms with Crippen LogP contribution in [0.5, 0.6) is 0 Å². The molecule has 1 aromatic carbocycles. The van der Waals surface area contributed by atoms with Gasteiger partial charge in [0.2, 0.25) is 5.91 Å². The number of nitrogens with one attached hydrogen (secondary N) is 1. The number of rotatable bonds is 1. The Balaban J connectivity index is 0.000000244. The standard InChI is InChI=1S/C12H12N4O2.C6H13N.C2H6/c1-15-9-5-3-2-4-8(9)11(14-15)16-7-6-10(17)13-12(16)18;1-7-5-3-2-4-6-7;1-2/h2-5H,6-7H2,1H3,(H,13,17,18);2-6H2,1H3;1-2H3. The number of urea groups is 1. The molecule has 2 aromatic rings. The first-order valence-corrected chi connectivity index (χ1v) is 9.78.